The molecule has 0 unspecified atom stereocenters. The van der Waals surface area contributed by atoms with Crippen LogP contribution in [0.5, 0.6) is 0 Å². The molecule has 1 aliphatic carbocycles. The van der Waals surface area contributed by atoms with Gasteiger partial charge in [-0.1, -0.05) is 0 Å². The molecule has 3 N–H and O–H groups in total. The summed E-state index contributed by atoms with van der Waals surface area (Å²) in [7, 11) is 1.67. The number of rotatable bonds is 8. The Morgan fingerprint density at radius 1 is 1.00 bits per heavy atom. The molecule has 1 rings (SSSR count). The van der Waals surface area contributed by atoms with Gasteiger partial charge in [0.1, 0.15) is 5.60 Å². The van der Waals surface area contributed by atoms with E-state index in [0.29, 0.717) is 25.9 Å². The fourth-order valence-electron chi connectivity index (χ4n) is 2.50. The number of carboxylic acid groups (broad SMARTS) is 1. The standard InChI is InChI=1S/C16H32N2O4.C2HF3O2/c1-16(2,3)22-15(19)18-14-7-5-13(6-8-14)17-9-10-21-12-11-20-4;3-2(4,5)1(6)7/h13-14,17H,5-12H2,1-4H3,(H,18,19);(H,6,7). The number of nitrogens with one attached hydrogen (secondary N) is 2. The molecule has 1 amide bonds. The number of alkyl halides is 3. The highest BCUT2D eigenvalue weighted by Crippen LogP contribution is 2.19. The van der Waals surface area contributed by atoms with Crippen LogP contribution in [0.2, 0.25) is 0 Å². The van der Waals surface area contributed by atoms with Crippen molar-refractivity contribution in [2.45, 2.75) is 70.3 Å². The summed E-state index contributed by atoms with van der Waals surface area (Å²) in [5.41, 5.74) is -0.439. The van der Waals surface area contributed by atoms with E-state index in [1.165, 1.54) is 0 Å². The van der Waals surface area contributed by atoms with Gasteiger partial charge in [-0.25, -0.2) is 9.59 Å². The predicted molar refractivity (Wildman–Crippen MR) is 99.8 cm³/mol. The monoisotopic (exact) mass is 430 g/mol. The Labute approximate surface area is 169 Å². The minimum absolute atomic E-state index is 0.228. The molecular formula is C18H33F3N2O6. The summed E-state index contributed by atoms with van der Waals surface area (Å²) < 4.78 is 47.4. The lowest BCUT2D eigenvalue weighted by molar-refractivity contribution is -0.192. The van der Waals surface area contributed by atoms with Gasteiger partial charge in [0, 0.05) is 25.7 Å². The van der Waals surface area contributed by atoms with Crippen LogP contribution in [0.1, 0.15) is 46.5 Å². The molecule has 0 radical (unpaired) electrons. The third-order valence-electron chi connectivity index (χ3n) is 3.80. The largest absolute Gasteiger partial charge is 0.490 e. The molecule has 1 saturated carbocycles. The second-order valence-corrected chi connectivity index (χ2v) is 7.56. The number of aliphatic carboxylic acids is 1. The van der Waals surface area contributed by atoms with Gasteiger partial charge in [-0.3, -0.25) is 0 Å². The van der Waals surface area contributed by atoms with Crippen molar-refractivity contribution in [1.29, 1.82) is 0 Å². The summed E-state index contributed by atoms with van der Waals surface area (Å²) in [5, 5.41) is 13.6. The molecule has 8 nitrogen and oxygen atoms in total. The number of carbonyl (C=O) groups excluding carboxylic acids is 1. The zero-order chi connectivity index (χ0) is 22.5. The van der Waals surface area contributed by atoms with E-state index in [1.54, 1.807) is 7.11 Å². The summed E-state index contributed by atoms with van der Waals surface area (Å²) in [6.07, 6.45) is -1.28. The summed E-state index contributed by atoms with van der Waals surface area (Å²) in [6, 6.07) is 0.744. The second kappa shape index (κ2) is 13.6. The molecule has 0 aromatic carbocycles. The Morgan fingerprint density at radius 2 is 1.52 bits per heavy atom. The Bertz CT molecular complexity index is 475. The number of ether oxygens (including phenoxy) is 3. The van der Waals surface area contributed by atoms with Gasteiger partial charge in [0.05, 0.1) is 19.8 Å². The molecule has 0 aliphatic heterocycles. The molecule has 0 aromatic heterocycles. The second-order valence-electron chi connectivity index (χ2n) is 7.56. The third-order valence-corrected chi connectivity index (χ3v) is 3.80. The predicted octanol–water partition coefficient (Wildman–Crippen LogP) is 2.71. The van der Waals surface area contributed by atoms with Crippen molar-refractivity contribution in [2.75, 3.05) is 33.5 Å². The zero-order valence-electron chi connectivity index (χ0n) is 17.4. The normalized spacial score (nSPS) is 19.7. The smallest absolute Gasteiger partial charge is 0.475 e. The zero-order valence-corrected chi connectivity index (χ0v) is 17.4. The van der Waals surface area contributed by atoms with E-state index < -0.39 is 17.7 Å². The molecule has 1 fully saturated rings. The number of methoxy groups -OCH3 is 1. The van der Waals surface area contributed by atoms with Gasteiger partial charge in [-0.05, 0) is 46.5 Å². The van der Waals surface area contributed by atoms with Gasteiger partial charge in [0.25, 0.3) is 0 Å². The van der Waals surface area contributed by atoms with Gasteiger partial charge in [-0.15, -0.1) is 0 Å². The molecular weight excluding hydrogens is 397 g/mol. The molecule has 0 spiro atoms. The number of hydrogen-bond acceptors (Lipinski definition) is 6. The number of carbonyl (C=O) groups is 2. The van der Waals surface area contributed by atoms with Crippen molar-refractivity contribution >= 4 is 12.1 Å². The molecule has 0 bridgehead atoms. The van der Waals surface area contributed by atoms with Gasteiger partial charge in [-0.2, -0.15) is 13.2 Å². The summed E-state index contributed by atoms with van der Waals surface area (Å²) in [6.45, 7) is 8.48. The van der Waals surface area contributed by atoms with E-state index in [4.69, 9.17) is 24.1 Å². The number of carboxylic acids is 1. The van der Waals surface area contributed by atoms with E-state index in [2.05, 4.69) is 10.6 Å². The first kappa shape index (κ1) is 27.4. The average Bonchev–Trinajstić information content (AvgIpc) is 2.57. The summed E-state index contributed by atoms with van der Waals surface area (Å²) in [5.74, 6) is -2.76. The fraction of sp³-hybridized carbons (Fsp3) is 0.889. The molecule has 29 heavy (non-hydrogen) atoms. The maximum Gasteiger partial charge on any atom is 0.490 e. The Kier molecular flexibility index (Phi) is 12.9. The van der Waals surface area contributed by atoms with Gasteiger partial charge in [0.2, 0.25) is 0 Å². The molecule has 0 aromatic rings. The first-order chi connectivity index (χ1) is 13.3. The van der Waals surface area contributed by atoms with Crippen molar-refractivity contribution in [3.63, 3.8) is 0 Å². The van der Waals surface area contributed by atoms with E-state index in [1.807, 2.05) is 20.8 Å². The van der Waals surface area contributed by atoms with E-state index in [9.17, 15) is 18.0 Å². The Morgan fingerprint density at radius 3 is 1.97 bits per heavy atom. The lowest BCUT2D eigenvalue weighted by atomic mass is 9.91. The van der Waals surface area contributed by atoms with Crippen LogP contribution in [0.15, 0.2) is 0 Å². The van der Waals surface area contributed by atoms with E-state index in [0.717, 1.165) is 32.2 Å². The van der Waals surface area contributed by atoms with Gasteiger partial charge in [0.15, 0.2) is 0 Å². The van der Waals surface area contributed by atoms with Crippen LogP contribution < -0.4 is 10.6 Å². The number of halogens is 3. The lowest BCUT2D eigenvalue weighted by Crippen LogP contribution is -2.44. The van der Waals surface area contributed by atoms with Crippen LogP contribution >= 0.6 is 0 Å². The maximum absolute atomic E-state index is 11.7. The fourth-order valence-corrected chi connectivity index (χ4v) is 2.50. The summed E-state index contributed by atoms with van der Waals surface area (Å²) in [4.78, 5) is 20.6. The van der Waals surface area contributed by atoms with Crippen LogP contribution in [0.4, 0.5) is 18.0 Å². The third kappa shape index (κ3) is 16.0. The Balaban J connectivity index is 0.000000956. The first-order valence-electron chi connectivity index (χ1n) is 9.45. The Hall–Kier alpha value is -1.59. The highest BCUT2D eigenvalue weighted by Gasteiger charge is 2.38. The van der Waals surface area contributed by atoms with Crippen LogP contribution in [0.3, 0.4) is 0 Å². The highest BCUT2D eigenvalue weighted by atomic mass is 19.4. The van der Waals surface area contributed by atoms with Crippen LogP contribution in [-0.4, -0.2) is 74.5 Å². The van der Waals surface area contributed by atoms with E-state index in [-0.39, 0.29) is 12.1 Å². The number of alkyl carbamates (subject to hydrolysis) is 1. The van der Waals surface area contributed by atoms with Gasteiger partial charge >= 0.3 is 18.2 Å². The topological polar surface area (TPSA) is 106 Å². The lowest BCUT2D eigenvalue weighted by Gasteiger charge is -2.30. The van der Waals surface area contributed by atoms with Crippen LogP contribution in [0, 0.1) is 0 Å². The van der Waals surface area contributed by atoms with Crippen molar-refractivity contribution in [3.05, 3.63) is 0 Å². The molecule has 0 heterocycles. The maximum atomic E-state index is 11.7. The quantitative estimate of drug-likeness (QED) is 0.509. The first-order valence-corrected chi connectivity index (χ1v) is 9.45. The van der Waals surface area contributed by atoms with Crippen LogP contribution in [-0.2, 0) is 19.0 Å². The van der Waals surface area contributed by atoms with Crippen molar-refractivity contribution < 1.29 is 42.1 Å². The highest BCUT2D eigenvalue weighted by molar-refractivity contribution is 5.73. The molecule has 1 aliphatic rings. The molecule has 0 saturated heterocycles. The SMILES string of the molecule is COCCOCCNC1CCC(NC(=O)OC(C)(C)C)CC1.O=C(O)C(F)(F)F. The molecule has 0 atom stereocenters. The minimum Gasteiger partial charge on any atom is -0.475 e. The van der Waals surface area contributed by atoms with Crippen LogP contribution in [0.25, 0.3) is 0 Å². The molecule has 11 heteroatoms. The van der Waals surface area contributed by atoms with Crippen molar-refractivity contribution in [2.24, 2.45) is 0 Å². The number of hydrogen-bond donors (Lipinski definition) is 3. The number of amides is 1. The van der Waals surface area contributed by atoms with Crippen molar-refractivity contribution in [1.82, 2.24) is 10.6 Å². The minimum atomic E-state index is -5.08. The van der Waals surface area contributed by atoms with Crippen molar-refractivity contribution in [3.8, 4) is 0 Å². The van der Waals surface area contributed by atoms with E-state index >= 15 is 0 Å². The molecule has 172 valence electrons. The van der Waals surface area contributed by atoms with Gasteiger partial charge < -0.3 is 30.0 Å². The summed E-state index contributed by atoms with van der Waals surface area (Å²) >= 11 is 0. The average molecular weight is 430 g/mol.